The highest BCUT2D eigenvalue weighted by molar-refractivity contribution is 7.09. The predicted molar refractivity (Wildman–Crippen MR) is 119 cm³/mol. The van der Waals surface area contributed by atoms with Crippen LogP contribution in [0.3, 0.4) is 0 Å². The van der Waals surface area contributed by atoms with E-state index in [2.05, 4.69) is 15.6 Å². The van der Waals surface area contributed by atoms with Crippen molar-refractivity contribution < 1.29 is 18.7 Å². The lowest BCUT2D eigenvalue weighted by Gasteiger charge is -2.26. The van der Waals surface area contributed by atoms with Crippen LogP contribution in [0.25, 0.3) is 0 Å². The monoisotopic (exact) mass is 442 g/mol. The second-order valence-corrected chi connectivity index (χ2v) is 7.91. The van der Waals surface area contributed by atoms with Crippen molar-refractivity contribution in [3.05, 3.63) is 70.4 Å². The molecule has 1 aromatic heterocycles. The van der Waals surface area contributed by atoms with E-state index in [0.29, 0.717) is 22.1 Å². The fourth-order valence-electron chi connectivity index (χ4n) is 2.72. The lowest BCUT2D eigenvalue weighted by molar-refractivity contribution is 0.102. The fraction of sp³-hybridized carbons (Fsp3) is 0.227. The summed E-state index contributed by atoms with van der Waals surface area (Å²) in [6.45, 7) is 4.07. The molecule has 3 aromatic rings. The number of amides is 3. The molecule has 0 saturated heterocycles. The molecule has 162 valence electrons. The summed E-state index contributed by atoms with van der Waals surface area (Å²) in [6, 6.07) is 12.2. The van der Waals surface area contributed by atoms with Crippen LogP contribution in [-0.4, -0.2) is 35.0 Å². The topological polar surface area (TPSA) is 83.6 Å². The van der Waals surface area contributed by atoms with Gasteiger partial charge in [0.05, 0.1) is 13.7 Å². The van der Waals surface area contributed by atoms with Gasteiger partial charge in [0.2, 0.25) is 0 Å². The van der Waals surface area contributed by atoms with Crippen molar-refractivity contribution in [2.24, 2.45) is 0 Å². The number of carbonyl (C=O) groups is 2. The number of nitrogens with one attached hydrogen (secondary N) is 2. The lowest BCUT2D eigenvalue weighted by atomic mass is 10.3. The molecule has 0 fully saturated rings. The molecule has 3 rings (SSSR count). The zero-order chi connectivity index (χ0) is 22.4. The van der Waals surface area contributed by atoms with Gasteiger partial charge in [-0.05, 0) is 62.4 Å². The summed E-state index contributed by atoms with van der Waals surface area (Å²) in [5.41, 5.74) is 1.36. The summed E-state index contributed by atoms with van der Waals surface area (Å²) in [7, 11) is 1.58. The van der Waals surface area contributed by atoms with Crippen molar-refractivity contribution in [3.63, 3.8) is 0 Å². The molecule has 0 bridgehead atoms. The standard InChI is InChI=1S/C22H23FN4O3S/c1-14(2)27(22(29)25-17-8-10-18(30-3)11-9-17)12-20-26-19(13-31-20)21(28)24-16-6-4-15(23)5-7-16/h4-11,13-14H,12H2,1-3H3,(H,24,28)(H,25,29). The molecule has 7 nitrogen and oxygen atoms in total. The molecule has 2 N–H and O–H groups in total. The number of methoxy groups -OCH3 is 1. The number of rotatable bonds is 7. The highest BCUT2D eigenvalue weighted by Gasteiger charge is 2.20. The van der Waals surface area contributed by atoms with Gasteiger partial charge in [-0.3, -0.25) is 4.79 Å². The van der Waals surface area contributed by atoms with E-state index < -0.39 is 5.91 Å². The van der Waals surface area contributed by atoms with Crippen LogP contribution in [0.1, 0.15) is 29.3 Å². The minimum absolute atomic E-state index is 0.0846. The Kier molecular flexibility index (Phi) is 7.19. The summed E-state index contributed by atoms with van der Waals surface area (Å²) in [4.78, 5) is 31.2. The van der Waals surface area contributed by atoms with Crippen LogP contribution in [0.4, 0.5) is 20.6 Å². The average molecular weight is 443 g/mol. The Bertz CT molecular complexity index is 1040. The van der Waals surface area contributed by atoms with Crippen molar-refractivity contribution in [3.8, 4) is 5.75 Å². The molecule has 0 spiro atoms. The number of aromatic nitrogens is 1. The highest BCUT2D eigenvalue weighted by Crippen LogP contribution is 2.19. The largest absolute Gasteiger partial charge is 0.497 e. The molecule has 0 radical (unpaired) electrons. The Morgan fingerprint density at radius 2 is 1.68 bits per heavy atom. The van der Waals surface area contributed by atoms with E-state index in [4.69, 9.17) is 4.74 Å². The Morgan fingerprint density at radius 3 is 2.29 bits per heavy atom. The first-order valence-corrected chi connectivity index (χ1v) is 10.5. The Hall–Kier alpha value is -3.46. The Labute approximate surface area is 183 Å². The molecule has 9 heteroatoms. The zero-order valence-electron chi connectivity index (χ0n) is 17.4. The number of ether oxygens (including phenoxy) is 1. The number of benzene rings is 2. The predicted octanol–water partition coefficient (Wildman–Crippen LogP) is 4.99. The van der Waals surface area contributed by atoms with Gasteiger partial charge in [0, 0.05) is 22.8 Å². The minimum atomic E-state index is -0.395. The van der Waals surface area contributed by atoms with Crippen LogP contribution in [0.15, 0.2) is 53.9 Å². The van der Waals surface area contributed by atoms with Gasteiger partial charge in [-0.1, -0.05) is 0 Å². The summed E-state index contributed by atoms with van der Waals surface area (Å²) in [6.07, 6.45) is 0. The SMILES string of the molecule is COc1ccc(NC(=O)N(Cc2nc(C(=O)Nc3ccc(F)cc3)cs2)C(C)C)cc1. The minimum Gasteiger partial charge on any atom is -0.497 e. The second kappa shape index (κ2) is 10.0. The van der Waals surface area contributed by atoms with Gasteiger partial charge in [-0.15, -0.1) is 11.3 Å². The number of hydrogen-bond donors (Lipinski definition) is 2. The van der Waals surface area contributed by atoms with Gasteiger partial charge in [-0.25, -0.2) is 14.2 Å². The maximum Gasteiger partial charge on any atom is 0.322 e. The maximum absolute atomic E-state index is 13.0. The first kappa shape index (κ1) is 22.2. The van der Waals surface area contributed by atoms with Crippen LogP contribution >= 0.6 is 11.3 Å². The van der Waals surface area contributed by atoms with Gasteiger partial charge in [-0.2, -0.15) is 0 Å². The van der Waals surface area contributed by atoms with Crippen molar-refractivity contribution in [1.82, 2.24) is 9.88 Å². The van der Waals surface area contributed by atoms with E-state index in [1.807, 2.05) is 13.8 Å². The molecule has 0 atom stereocenters. The molecule has 3 amide bonds. The maximum atomic E-state index is 13.0. The van der Waals surface area contributed by atoms with Gasteiger partial charge < -0.3 is 20.3 Å². The summed E-state index contributed by atoms with van der Waals surface area (Å²) >= 11 is 1.30. The van der Waals surface area contributed by atoms with E-state index in [0.717, 1.165) is 0 Å². The quantitative estimate of drug-likeness (QED) is 0.540. The third-order valence-corrected chi connectivity index (χ3v) is 5.25. The average Bonchev–Trinajstić information content (AvgIpc) is 3.23. The number of thiazole rings is 1. The van der Waals surface area contributed by atoms with Crippen LogP contribution in [0.5, 0.6) is 5.75 Å². The molecule has 0 aliphatic carbocycles. The third-order valence-electron chi connectivity index (χ3n) is 4.42. The fourth-order valence-corrected chi connectivity index (χ4v) is 3.49. The van der Waals surface area contributed by atoms with E-state index in [9.17, 15) is 14.0 Å². The molecular weight excluding hydrogens is 419 g/mol. The van der Waals surface area contributed by atoms with Gasteiger partial charge in [0.15, 0.2) is 0 Å². The van der Waals surface area contributed by atoms with Crippen molar-refractivity contribution >= 4 is 34.6 Å². The van der Waals surface area contributed by atoms with Crippen LogP contribution in [-0.2, 0) is 6.54 Å². The second-order valence-electron chi connectivity index (χ2n) is 6.97. The smallest absolute Gasteiger partial charge is 0.322 e. The molecule has 0 unspecified atom stereocenters. The molecule has 0 aliphatic heterocycles. The summed E-state index contributed by atoms with van der Waals surface area (Å²) in [5, 5.41) is 7.80. The summed E-state index contributed by atoms with van der Waals surface area (Å²) < 4.78 is 18.1. The van der Waals surface area contributed by atoms with Gasteiger partial charge >= 0.3 is 6.03 Å². The first-order valence-electron chi connectivity index (χ1n) is 9.58. The highest BCUT2D eigenvalue weighted by atomic mass is 32.1. The van der Waals surface area contributed by atoms with Crippen LogP contribution in [0, 0.1) is 5.82 Å². The van der Waals surface area contributed by atoms with Gasteiger partial charge in [0.1, 0.15) is 22.3 Å². The number of hydrogen-bond acceptors (Lipinski definition) is 5. The van der Waals surface area contributed by atoms with E-state index in [1.165, 1.54) is 35.6 Å². The number of nitrogens with zero attached hydrogens (tertiary/aromatic N) is 2. The van der Waals surface area contributed by atoms with Crippen LogP contribution < -0.4 is 15.4 Å². The van der Waals surface area contributed by atoms with Crippen molar-refractivity contribution in [2.45, 2.75) is 26.4 Å². The summed E-state index contributed by atoms with van der Waals surface area (Å²) in [5.74, 6) is -0.0727. The van der Waals surface area contributed by atoms with Crippen molar-refractivity contribution in [1.29, 1.82) is 0 Å². The number of urea groups is 1. The van der Waals surface area contributed by atoms with Crippen molar-refractivity contribution in [2.75, 3.05) is 17.7 Å². The molecule has 31 heavy (non-hydrogen) atoms. The normalized spacial score (nSPS) is 10.6. The number of halogens is 1. The molecule has 0 aliphatic rings. The van der Waals surface area contributed by atoms with E-state index in [1.54, 1.807) is 41.7 Å². The lowest BCUT2D eigenvalue weighted by Crippen LogP contribution is -2.39. The van der Waals surface area contributed by atoms with E-state index >= 15 is 0 Å². The first-order chi connectivity index (χ1) is 14.9. The Balaban J connectivity index is 1.64. The molecule has 0 saturated carbocycles. The molecular formula is C22H23FN4O3S. The third kappa shape index (κ3) is 6.02. The van der Waals surface area contributed by atoms with Gasteiger partial charge in [0.25, 0.3) is 5.91 Å². The molecule has 2 aromatic carbocycles. The Morgan fingerprint density at radius 1 is 1.06 bits per heavy atom. The zero-order valence-corrected chi connectivity index (χ0v) is 18.2. The number of anilines is 2. The van der Waals surface area contributed by atoms with Crippen LogP contribution in [0.2, 0.25) is 0 Å². The molecule has 1 heterocycles. The number of carbonyl (C=O) groups excluding carboxylic acids is 2. The van der Waals surface area contributed by atoms with E-state index in [-0.39, 0.29) is 30.1 Å².